The monoisotopic (exact) mass is 643 g/mol. The van der Waals surface area contributed by atoms with Gasteiger partial charge >= 0.3 is 5.97 Å². The molecule has 1 aromatic carbocycles. The number of β-amino-alcohol motifs (C(OH)–C–C–N with tert-alkyl or cyclic N) is 1. The maximum absolute atomic E-state index is 14.3. The Kier molecular flexibility index (Phi) is 9.20. The number of aliphatic hydroxyl groups excluding tert-OH is 1. The number of amides is 3. The van der Waals surface area contributed by atoms with Gasteiger partial charge in [-0.2, -0.15) is 0 Å². The fourth-order valence-corrected chi connectivity index (χ4v) is 7.40. The average Bonchev–Trinajstić information content (AvgIpc) is 3.56. The minimum absolute atomic E-state index is 0.0676. The summed E-state index contributed by atoms with van der Waals surface area (Å²) in [5.41, 5.74) is -0.690. The lowest BCUT2D eigenvalue weighted by molar-refractivity contribution is -0.161. The summed E-state index contributed by atoms with van der Waals surface area (Å²) < 4.78 is 13.2. The second-order valence-electron chi connectivity index (χ2n) is 11.4. The first-order valence-corrected chi connectivity index (χ1v) is 15.5. The van der Waals surface area contributed by atoms with Crippen molar-refractivity contribution in [1.29, 1.82) is 0 Å². The molecule has 5 rings (SSSR count). The van der Waals surface area contributed by atoms with Crippen molar-refractivity contribution in [2.24, 2.45) is 11.8 Å². The van der Waals surface area contributed by atoms with Crippen molar-refractivity contribution in [3.8, 4) is 0 Å². The van der Waals surface area contributed by atoms with Gasteiger partial charge in [0.2, 0.25) is 17.7 Å². The van der Waals surface area contributed by atoms with Gasteiger partial charge in [-0.15, -0.1) is 0 Å². The summed E-state index contributed by atoms with van der Waals surface area (Å²) in [6.45, 7) is 4.17. The molecule has 0 unspecified atom stereocenters. The molecule has 4 aliphatic heterocycles. The first-order valence-electron chi connectivity index (χ1n) is 14.7. The van der Waals surface area contributed by atoms with Crippen LogP contribution in [0.25, 0.3) is 0 Å². The molecule has 7 atom stereocenters. The van der Waals surface area contributed by atoms with Crippen LogP contribution in [0, 0.1) is 11.8 Å². The highest BCUT2D eigenvalue weighted by Gasteiger charge is 2.74. The Morgan fingerprint density at radius 1 is 1.07 bits per heavy atom. The van der Waals surface area contributed by atoms with Gasteiger partial charge in [-0.1, -0.05) is 71.8 Å². The normalized spacial score (nSPS) is 34.2. The molecular formula is C31H38BrN3O7. The van der Waals surface area contributed by atoms with E-state index in [0.29, 0.717) is 29.6 Å². The number of cyclic esters (lactones) is 1. The number of fused-ring (bicyclic) bond motifs is 2. The number of esters is 1. The van der Waals surface area contributed by atoms with Crippen LogP contribution in [0.5, 0.6) is 0 Å². The zero-order valence-electron chi connectivity index (χ0n) is 23.9. The lowest BCUT2D eigenvalue weighted by Crippen LogP contribution is -2.56. The van der Waals surface area contributed by atoms with Crippen molar-refractivity contribution in [2.45, 2.75) is 69.4 Å². The van der Waals surface area contributed by atoms with Gasteiger partial charge in [-0.05, 0) is 31.4 Å². The average molecular weight is 645 g/mol. The van der Waals surface area contributed by atoms with Crippen LogP contribution in [-0.4, -0.2) is 88.6 Å². The van der Waals surface area contributed by atoms with Crippen LogP contribution < -0.4 is 5.32 Å². The van der Waals surface area contributed by atoms with E-state index in [1.54, 1.807) is 17.9 Å². The fraction of sp³-hybridized carbons (Fsp3) is 0.548. The summed E-state index contributed by atoms with van der Waals surface area (Å²) in [5, 5.41) is 12.9. The van der Waals surface area contributed by atoms with Crippen molar-refractivity contribution in [3.63, 3.8) is 0 Å². The Labute approximate surface area is 254 Å². The van der Waals surface area contributed by atoms with Gasteiger partial charge in [0.05, 0.1) is 18.6 Å². The topological polar surface area (TPSA) is 125 Å². The molecule has 2 N–H and O–H groups in total. The van der Waals surface area contributed by atoms with E-state index < -0.39 is 53.6 Å². The van der Waals surface area contributed by atoms with E-state index in [-0.39, 0.29) is 31.4 Å². The smallest absolute Gasteiger partial charge is 0.313 e. The van der Waals surface area contributed by atoms with Crippen molar-refractivity contribution >= 4 is 39.6 Å². The molecule has 0 radical (unpaired) electrons. The van der Waals surface area contributed by atoms with Crippen LogP contribution in [0.3, 0.4) is 0 Å². The molecule has 0 aliphatic carbocycles. The third-order valence-electron chi connectivity index (χ3n) is 8.61. The van der Waals surface area contributed by atoms with E-state index in [1.807, 2.05) is 49.4 Å². The standard InChI is InChI=1S/C31H38BrN3O7/c1-3-4-14-34-15-10-6-9-13-22(37)33-19(2)25(20-11-7-5-8-12-20)41-30(40)23-24-28(38)35(16-17-36)27(29(34)39)31(24)18-21(32)26(23)42-31/h5-8,10-12,18-19,23-27,36H,3-4,9,13-17H2,1-2H3,(H,33,37)/b10-6-/t19-,23+,24-,25+,26+,27+,31-/m1/s1. The van der Waals surface area contributed by atoms with Crippen molar-refractivity contribution < 1.29 is 33.8 Å². The largest absolute Gasteiger partial charge is 0.455 e. The number of halogens is 1. The fourth-order valence-electron chi connectivity index (χ4n) is 6.67. The number of benzene rings is 1. The molecule has 1 spiro atoms. The molecular weight excluding hydrogens is 606 g/mol. The molecule has 4 heterocycles. The highest BCUT2D eigenvalue weighted by atomic mass is 79.9. The van der Waals surface area contributed by atoms with Crippen LogP contribution in [-0.2, 0) is 28.7 Å². The summed E-state index contributed by atoms with van der Waals surface area (Å²) >= 11 is 3.55. The molecule has 42 heavy (non-hydrogen) atoms. The maximum atomic E-state index is 14.3. The first kappa shape index (κ1) is 30.4. The number of aliphatic hydroxyl groups is 1. The number of carbonyl (C=O) groups is 4. The van der Waals surface area contributed by atoms with Gasteiger partial charge in [-0.25, -0.2) is 0 Å². The number of likely N-dealkylation sites (tertiary alicyclic amines) is 1. The van der Waals surface area contributed by atoms with Crippen LogP contribution in [0.1, 0.15) is 51.2 Å². The summed E-state index contributed by atoms with van der Waals surface area (Å²) in [7, 11) is 0. The van der Waals surface area contributed by atoms with E-state index in [2.05, 4.69) is 21.2 Å². The van der Waals surface area contributed by atoms with Gasteiger partial charge in [0, 0.05) is 30.5 Å². The Morgan fingerprint density at radius 2 is 1.83 bits per heavy atom. The number of hydrogen-bond acceptors (Lipinski definition) is 7. The number of rotatable bonds is 6. The van der Waals surface area contributed by atoms with Crippen molar-refractivity contribution in [1.82, 2.24) is 15.1 Å². The summed E-state index contributed by atoms with van der Waals surface area (Å²) in [6.07, 6.45) is 6.20. The molecule has 0 saturated carbocycles. The second kappa shape index (κ2) is 12.7. The van der Waals surface area contributed by atoms with Crippen LogP contribution in [0.2, 0.25) is 0 Å². The molecule has 2 saturated heterocycles. The van der Waals surface area contributed by atoms with E-state index in [9.17, 15) is 24.3 Å². The molecule has 2 fully saturated rings. The van der Waals surface area contributed by atoms with Crippen molar-refractivity contribution in [2.75, 3.05) is 26.2 Å². The molecule has 11 heteroatoms. The molecule has 5 bridgehead atoms. The lowest BCUT2D eigenvalue weighted by Gasteiger charge is -2.35. The predicted octanol–water partition coefficient (Wildman–Crippen LogP) is 2.62. The number of ether oxygens (including phenoxy) is 2. The van der Waals surface area contributed by atoms with Crippen molar-refractivity contribution in [3.05, 3.63) is 58.6 Å². The number of unbranched alkanes of at least 4 members (excludes halogenated alkanes) is 1. The third-order valence-corrected chi connectivity index (χ3v) is 9.29. The Morgan fingerprint density at radius 3 is 2.55 bits per heavy atom. The minimum atomic E-state index is -1.39. The predicted molar refractivity (Wildman–Crippen MR) is 157 cm³/mol. The minimum Gasteiger partial charge on any atom is -0.455 e. The van der Waals surface area contributed by atoms with Crippen LogP contribution in [0.15, 0.2) is 53.0 Å². The molecule has 3 amide bonds. The van der Waals surface area contributed by atoms with Gasteiger partial charge in [-0.3, -0.25) is 19.2 Å². The molecule has 226 valence electrons. The van der Waals surface area contributed by atoms with Gasteiger partial charge in [0.1, 0.15) is 29.8 Å². The molecule has 4 aliphatic rings. The highest BCUT2D eigenvalue weighted by Crippen LogP contribution is 2.59. The lowest BCUT2D eigenvalue weighted by atomic mass is 9.74. The van der Waals surface area contributed by atoms with E-state index >= 15 is 0 Å². The summed E-state index contributed by atoms with van der Waals surface area (Å²) in [6, 6.07) is 7.54. The first-order chi connectivity index (χ1) is 20.2. The molecule has 1 aromatic rings. The van der Waals surface area contributed by atoms with Gasteiger partial charge < -0.3 is 29.7 Å². The molecule has 0 aromatic heterocycles. The quantitative estimate of drug-likeness (QED) is 0.361. The highest BCUT2D eigenvalue weighted by molar-refractivity contribution is 9.11. The van der Waals surface area contributed by atoms with E-state index in [4.69, 9.17) is 9.47 Å². The third kappa shape index (κ3) is 5.42. The molecule has 10 nitrogen and oxygen atoms in total. The maximum Gasteiger partial charge on any atom is 0.313 e. The van der Waals surface area contributed by atoms with E-state index in [1.165, 1.54) is 4.90 Å². The number of nitrogens with one attached hydrogen (secondary N) is 1. The zero-order chi connectivity index (χ0) is 30.0. The Balaban J connectivity index is 1.58. The summed E-state index contributed by atoms with van der Waals surface area (Å²) in [4.78, 5) is 58.3. The Bertz CT molecular complexity index is 1270. The number of allylic oxidation sites excluding steroid dienone is 1. The van der Waals surface area contributed by atoms with E-state index in [0.717, 1.165) is 12.8 Å². The Hall–Kier alpha value is -3.02. The number of carbonyl (C=O) groups excluding carboxylic acids is 4. The number of hydrogen-bond donors (Lipinski definition) is 2. The van der Waals surface area contributed by atoms with Gasteiger partial charge in [0.15, 0.2) is 0 Å². The SMILES string of the molecule is CCCCN1C/C=C\CCC(=O)N[C@H](C)[C@@H](c2ccccc2)OC(=O)[C@@H]2[C@H]3O[C@@]4(C=C3Br)[C@H](C1=O)N(CCO)C(=O)[C@@H]24. The van der Waals surface area contributed by atoms with Gasteiger partial charge in [0.25, 0.3) is 0 Å². The second-order valence-corrected chi connectivity index (χ2v) is 12.3. The zero-order valence-corrected chi connectivity index (χ0v) is 25.5. The number of nitrogens with zero attached hydrogens (tertiary/aromatic N) is 2. The van der Waals surface area contributed by atoms with Crippen LogP contribution >= 0.6 is 15.9 Å². The van der Waals surface area contributed by atoms with Crippen LogP contribution in [0.4, 0.5) is 0 Å². The summed E-state index contributed by atoms with van der Waals surface area (Å²) in [5.74, 6) is -3.59.